The Kier molecular flexibility index (Phi) is 5.04. The predicted molar refractivity (Wildman–Crippen MR) is 51.3 cm³/mol. The first kappa shape index (κ1) is 9.75. The summed E-state index contributed by atoms with van der Waals surface area (Å²) >= 11 is 0. The molecular weight excluding hydrogens is 150 g/mol. The summed E-state index contributed by atoms with van der Waals surface area (Å²) in [5.41, 5.74) is 0. The molecule has 1 aliphatic rings. The van der Waals surface area contributed by atoms with Crippen LogP contribution in [0.4, 0.5) is 0 Å². The molecule has 0 heterocycles. The molecule has 0 radical (unpaired) electrons. The van der Waals surface area contributed by atoms with Gasteiger partial charge in [-0.05, 0) is 12.8 Å². The highest BCUT2D eigenvalue weighted by Crippen LogP contribution is 2.16. The van der Waals surface area contributed by atoms with Crippen molar-refractivity contribution >= 4 is 0 Å². The standard InChI is InChI=1S/C10H19NO/c1-2-8-12-9-7-11-10-5-3-4-6-10/h2,10-11H,1,3-9H2. The SMILES string of the molecule is C=CCOCCNC1CCCC1. The van der Waals surface area contributed by atoms with Gasteiger partial charge in [0, 0.05) is 12.6 Å². The normalized spacial score (nSPS) is 18.3. The van der Waals surface area contributed by atoms with Gasteiger partial charge in [-0.2, -0.15) is 0 Å². The summed E-state index contributed by atoms with van der Waals surface area (Å²) in [7, 11) is 0. The minimum atomic E-state index is 0.673. The monoisotopic (exact) mass is 169 g/mol. The van der Waals surface area contributed by atoms with Gasteiger partial charge in [0.15, 0.2) is 0 Å². The molecule has 0 aliphatic heterocycles. The summed E-state index contributed by atoms with van der Waals surface area (Å²) in [5.74, 6) is 0. The van der Waals surface area contributed by atoms with Gasteiger partial charge in [-0.3, -0.25) is 0 Å². The van der Waals surface area contributed by atoms with Crippen LogP contribution >= 0.6 is 0 Å². The van der Waals surface area contributed by atoms with Crippen LogP contribution in [0.2, 0.25) is 0 Å². The van der Waals surface area contributed by atoms with Crippen molar-refractivity contribution < 1.29 is 4.74 Å². The van der Waals surface area contributed by atoms with Crippen LogP contribution in [-0.2, 0) is 4.74 Å². The van der Waals surface area contributed by atoms with Gasteiger partial charge in [0.1, 0.15) is 0 Å². The van der Waals surface area contributed by atoms with Gasteiger partial charge >= 0.3 is 0 Å². The largest absolute Gasteiger partial charge is 0.376 e. The lowest BCUT2D eigenvalue weighted by molar-refractivity contribution is 0.161. The molecule has 0 aromatic rings. The lowest BCUT2D eigenvalue weighted by Crippen LogP contribution is -2.29. The van der Waals surface area contributed by atoms with E-state index in [0.717, 1.165) is 19.2 Å². The van der Waals surface area contributed by atoms with Gasteiger partial charge in [0.05, 0.1) is 13.2 Å². The van der Waals surface area contributed by atoms with Crippen molar-refractivity contribution in [1.29, 1.82) is 0 Å². The molecule has 0 atom stereocenters. The molecule has 0 bridgehead atoms. The Balaban J connectivity index is 1.84. The van der Waals surface area contributed by atoms with Crippen LogP contribution in [-0.4, -0.2) is 25.8 Å². The minimum Gasteiger partial charge on any atom is -0.376 e. The molecule has 12 heavy (non-hydrogen) atoms. The van der Waals surface area contributed by atoms with Crippen LogP contribution in [0.5, 0.6) is 0 Å². The van der Waals surface area contributed by atoms with Crippen molar-refractivity contribution in [3.05, 3.63) is 12.7 Å². The molecular formula is C10H19NO. The van der Waals surface area contributed by atoms with E-state index in [1.165, 1.54) is 25.7 Å². The Labute approximate surface area is 75.0 Å². The van der Waals surface area contributed by atoms with Crippen molar-refractivity contribution in [2.75, 3.05) is 19.8 Å². The molecule has 1 N–H and O–H groups in total. The smallest absolute Gasteiger partial charge is 0.0645 e. The zero-order valence-electron chi connectivity index (χ0n) is 7.72. The molecule has 70 valence electrons. The fourth-order valence-electron chi connectivity index (χ4n) is 1.63. The lowest BCUT2D eigenvalue weighted by atomic mass is 10.2. The second kappa shape index (κ2) is 6.21. The van der Waals surface area contributed by atoms with Crippen LogP contribution < -0.4 is 5.32 Å². The van der Waals surface area contributed by atoms with Gasteiger partial charge in [-0.1, -0.05) is 18.9 Å². The molecule has 0 aromatic carbocycles. The third-order valence-corrected chi connectivity index (χ3v) is 2.27. The van der Waals surface area contributed by atoms with Crippen molar-refractivity contribution in [3.63, 3.8) is 0 Å². The first-order valence-electron chi connectivity index (χ1n) is 4.85. The third kappa shape index (κ3) is 3.88. The van der Waals surface area contributed by atoms with Crippen LogP contribution in [0, 0.1) is 0 Å². The molecule has 1 aliphatic carbocycles. The molecule has 0 aromatic heterocycles. The van der Waals surface area contributed by atoms with Gasteiger partial charge in [0.2, 0.25) is 0 Å². The molecule has 0 spiro atoms. The van der Waals surface area contributed by atoms with E-state index < -0.39 is 0 Å². The second-order valence-electron chi connectivity index (χ2n) is 3.30. The van der Waals surface area contributed by atoms with E-state index >= 15 is 0 Å². The average molecular weight is 169 g/mol. The quantitative estimate of drug-likeness (QED) is 0.483. The summed E-state index contributed by atoms with van der Waals surface area (Å²) in [6.07, 6.45) is 7.27. The summed E-state index contributed by atoms with van der Waals surface area (Å²) in [5, 5.41) is 3.48. The number of ether oxygens (including phenoxy) is 1. The van der Waals surface area contributed by atoms with Crippen LogP contribution in [0.15, 0.2) is 12.7 Å². The van der Waals surface area contributed by atoms with Crippen molar-refractivity contribution in [2.45, 2.75) is 31.7 Å². The summed E-state index contributed by atoms with van der Waals surface area (Å²) in [6.45, 7) is 6.06. The number of rotatable bonds is 6. The molecule has 0 amide bonds. The minimum absolute atomic E-state index is 0.673. The fraction of sp³-hybridized carbons (Fsp3) is 0.800. The second-order valence-corrected chi connectivity index (χ2v) is 3.30. The van der Waals surface area contributed by atoms with E-state index in [-0.39, 0.29) is 0 Å². The maximum atomic E-state index is 5.26. The number of nitrogens with one attached hydrogen (secondary N) is 1. The van der Waals surface area contributed by atoms with Crippen molar-refractivity contribution in [3.8, 4) is 0 Å². The van der Waals surface area contributed by atoms with E-state index in [2.05, 4.69) is 11.9 Å². The first-order chi connectivity index (χ1) is 5.93. The summed E-state index contributed by atoms with van der Waals surface area (Å²) in [4.78, 5) is 0. The van der Waals surface area contributed by atoms with E-state index in [1.54, 1.807) is 6.08 Å². The Morgan fingerprint density at radius 3 is 2.83 bits per heavy atom. The molecule has 0 saturated heterocycles. The first-order valence-corrected chi connectivity index (χ1v) is 4.85. The Morgan fingerprint density at radius 2 is 2.17 bits per heavy atom. The van der Waals surface area contributed by atoms with E-state index in [1.807, 2.05) is 0 Å². The van der Waals surface area contributed by atoms with Crippen LogP contribution in [0.3, 0.4) is 0 Å². The number of hydrogen-bond acceptors (Lipinski definition) is 2. The predicted octanol–water partition coefficient (Wildman–Crippen LogP) is 1.72. The molecule has 1 rings (SSSR count). The third-order valence-electron chi connectivity index (χ3n) is 2.27. The van der Waals surface area contributed by atoms with E-state index in [0.29, 0.717) is 6.61 Å². The van der Waals surface area contributed by atoms with E-state index in [4.69, 9.17) is 4.74 Å². The van der Waals surface area contributed by atoms with Crippen molar-refractivity contribution in [1.82, 2.24) is 5.32 Å². The topological polar surface area (TPSA) is 21.3 Å². The van der Waals surface area contributed by atoms with Gasteiger partial charge in [-0.15, -0.1) is 6.58 Å². The molecule has 0 unspecified atom stereocenters. The molecule has 1 fully saturated rings. The molecule has 1 saturated carbocycles. The highest BCUT2D eigenvalue weighted by atomic mass is 16.5. The van der Waals surface area contributed by atoms with Crippen LogP contribution in [0.25, 0.3) is 0 Å². The zero-order valence-corrected chi connectivity index (χ0v) is 7.72. The van der Waals surface area contributed by atoms with Gasteiger partial charge < -0.3 is 10.1 Å². The Morgan fingerprint density at radius 1 is 1.42 bits per heavy atom. The maximum absolute atomic E-state index is 5.26. The highest BCUT2D eigenvalue weighted by Gasteiger charge is 2.12. The van der Waals surface area contributed by atoms with Crippen molar-refractivity contribution in [2.24, 2.45) is 0 Å². The molecule has 2 heteroatoms. The zero-order chi connectivity index (χ0) is 8.65. The van der Waals surface area contributed by atoms with Gasteiger partial charge in [0.25, 0.3) is 0 Å². The molecule has 2 nitrogen and oxygen atoms in total. The highest BCUT2D eigenvalue weighted by molar-refractivity contribution is 4.73. The van der Waals surface area contributed by atoms with Crippen LogP contribution in [0.1, 0.15) is 25.7 Å². The maximum Gasteiger partial charge on any atom is 0.0645 e. The number of hydrogen-bond donors (Lipinski definition) is 1. The summed E-state index contributed by atoms with van der Waals surface area (Å²) in [6, 6.07) is 0.761. The lowest BCUT2D eigenvalue weighted by Gasteiger charge is -2.10. The summed E-state index contributed by atoms with van der Waals surface area (Å²) < 4.78 is 5.26. The van der Waals surface area contributed by atoms with E-state index in [9.17, 15) is 0 Å². The Hall–Kier alpha value is -0.340. The fourth-order valence-corrected chi connectivity index (χ4v) is 1.63. The van der Waals surface area contributed by atoms with Gasteiger partial charge in [-0.25, -0.2) is 0 Å². The Bertz CT molecular complexity index is 119. The average Bonchev–Trinajstić information content (AvgIpc) is 2.57.